The van der Waals surface area contributed by atoms with Crippen LogP contribution in [0.5, 0.6) is 11.5 Å². The summed E-state index contributed by atoms with van der Waals surface area (Å²) < 4.78 is 15.8. The van der Waals surface area contributed by atoms with Gasteiger partial charge in [-0.2, -0.15) is 0 Å². The van der Waals surface area contributed by atoms with Crippen molar-refractivity contribution in [3.8, 4) is 11.5 Å². The smallest absolute Gasteiger partial charge is 0.330 e. The van der Waals surface area contributed by atoms with Gasteiger partial charge in [0.1, 0.15) is 0 Å². The number of hydrogen-bond donors (Lipinski definition) is 1. The van der Waals surface area contributed by atoms with E-state index in [1.807, 2.05) is 24.3 Å². The number of anilines is 1. The molecule has 6 nitrogen and oxygen atoms in total. The molecule has 1 unspecified atom stereocenters. The van der Waals surface area contributed by atoms with Gasteiger partial charge in [-0.1, -0.05) is 38.1 Å². The zero-order chi connectivity index (χ0) is 21.4. The predicted octanol–water partition coefficient (Wildman–Crippen LogP) is 4.41. The molecule has 2 aromatic rings. The van der Waals surface area contributed by atoms with E-state index in [0.717, 1.165) is 16.8 Å². The van der Waals surface area contributed by atoms with Crippen molar-refractivity contribution in [3.05, 3.63) is 59.7 Å². The van der Waals surface area contributed by atoms with Gasteiger partial charge in [-0.05, 0) is 48.2 Å². The van der Waals surface area contributed by atoms with Crippen LogP contribution in [0.25, 0.3) is 6.08 Å². The monoisotopic (exact) mass is 397 g/mol. The number of para-hydroxylation sites is 1. The minimum Gasteiger partial charge on any atom is -0.493 e. The van der Waals surface area contributed by atoms with E-state index in [1.54, 1.807) is 31.2 Å². The summed E-state index contributed by atoms with van der Waals surface area (Å²) >= 11 is 0. The summed E-state index contributed by atoms with van der Waals surface area (Å²) in [4.78, 5) is 23.9. The Kier molecular flexibility index (Phi) is 7.83. The average molecular weight is 397 g/mol. The number of methoxy groups -OCH3 is 2. The third kappa shape index (κ3) is 6.10. The second kappa shape index (κ2) is 10.3. The molecule has 1 N–H and O–H groups in total. The molecule has 2 rings (SSSR count). The fourth-order valence-corrected chi connectivity index (χ4v) is 2.71. The van der Waals surface area contributed by atoms with Crippen molar-refractivity contribution in [3.63, 3.8) is 0 Å². The van der Waals surface area contributed by atoms with Gasteiger partial charge >= 0.3 is 5.97 Å². The number of nitrogens with one attached hydrogen (secondary N) is 1. The molecule has 0 fully saturated rings. The Morgan fingerprint density at radius 3 is 2.38 bits per heavy atom. The Labute approximate surface area is 171 Å². The first kappa shape index (κ1) is 22.0. The summed E-state index contributed by atoms with van der Waals surface area (Å²) in [6.07, 6.45) is 2.19. The van der Waals surface area contributed by atoms with E-state index < -0.39 is 12.1 Å². The number of benzene rings is 2. The Bertz CT molecular complexity index is 889. The maximum Gasteiger partial charge on any atom is 0.330 e. The molecule has 0 aliphatic heterocycles. The fourth-order valence-electron chi connectivity index (χ4n) is 2.71. The van der Waals surface area contributed by atoms with Crippen molar-refractivity contribution in [2.75, 3.05) is 19.5 Å². The normalized spacial score (nSPS) is 11.9. The lowest BCUT2D eigenvalue weighted by Gasteiger charge is -2.19. The lowest BCUT2D eigenvalue weighted by Crippen LogP contribution is -2.30. The molecule has 0 aliphatic carbocycles. The van der Waals surface area contributed by atoms with Crippen LogP contribution in [-0.4, -0.2) is 32.2 Å². The molecular weight excluding hydrogens is 370 g/mol. The molecule has 2 aromatic carbocycles. The molecule has 1 amide bonds. The zero-order valence-corrected chi connectivity index (χ0v) is 17.4. The number of ether oxygens (including phenoxy) is 3. The van der Waals surface area contributed by atoms with E-state index in [1.165, 1.54) is 20.3 Å². The number of hydrogen-bond acceptors (Lipinski definition) is 5. The van der Waals surface area contributed by atoms with E-state index in [4.69, 9.17) is 9.47 Å². The summed E-state index contributed by atoms with van der Waals surface area (Å²) in [7, 11) is 2.83. The second-order valence-corrected chi connectivity index (χ2v) is 6.76. The summed E-state index contributed by atoms with van der Waals surface area (Å²) in [5.74, 6) is 0.473. The third-order valence-corrected chi connectivity index (χ3v) is 4.31. The molecule has 0 saturated carbocycles. The van der Waals surface area contributed by atoms with Crippen molar-refractivity contribution in [1.82, 2.24) is 0 Å². The number of amides is 1. The largest absolute Gasteiger partial charge is 0.493 e. The lowest BCUT2D eigenvalue weighted by molar-refractivity contribution is -0.134. The molecule has 0 bridgehead atoms. The van der Waals surface area contributed by atoms with E-state index in [2.05, 4.69) is 23.9 Å². The highest BCUT2D eigenvalue weighted by Crippen LogP contribution is 2.30. The first-order valence-electron chi connectivity index (χ1n) is 9.36. The molecule has 1 atom stereocenters. The van der Waals surface area contributed by atoms with Crippen molar-refractivity contribution in [1.29, 1.82) is 0 Å². The first-order valence-corrected chi connectivity index (χ1v) is 9.36. The van der Waals surface area contributed by atoms with Crippen LogP contribution >= 0.6 is 0 Å². The van der Waals surface area contributed by atoms with E-state index >= 15 is 0 Å². The molecule has 29 heavy (non-hydrogen) atoms. The molecule has 6 heteroatoms. The topological polar surface area (TPSA) is 73.9 Å². The summed E-state index contributed by atoms with van der Waals surface area (Å²) in [5.41, 5.74) is 2.58. The van der Waals surface area contributed by atoms with Gasteiger partial charge in [0, 0.05) is 11.8 Å². The highest BCUT2D eigenvalue weighted by Gasteiger charge is 2.19. The maximum atomic E-state index is 12.6. The number of esters is 1. The first-order chi connectivity index (χ1) is 13.8. The van der Waals surface area contributed by atoms with Crippen LogP contribution in [0.4, 0.5) is 5.69 Å². The Morgan fingerprint density at radius 1 is 1.00 bits per heavy atom. The predicted molar refractivity (Wildman–Crippen MR) is 113 cm³/mol. The standard InChI is InChI=1S/C23H27NO5/c1-15(2)18-8-6-7-9-19(18)24-23(26)16(3)29-20-12-10-17(14-21(20)27-4)11-13-22(25)28-5/h6-16H,1-5H3,(H,24,26). The number of carbonyl (C=O) groups excluding carboxylic acids is 2. The number of carbonyl (C=O) groups is 2. The minimum absolute atomic E-state index is 0.255. The van der Waals surface area contributed by atoms with Crippen LogP contribution in [0.2, 0.25) is 0 Å². The summed E-state index contributed by atoms with van der Waals surface area (Å²) in [6, 6.07) is 12.9. The van der Waals surface area contributed by atoms with Crippen molar-refractivity contribution in [2.45, 2.75) is 32.8 Å². The summed E-state index contributed by atoms with van der Waals surface area (Å²) in [5, 5.41) is 2.93. The molecule has 0 heterocycles. The minimum atomic E-state index is -0.736. The highest BCUT2D eigenvalue weighted by molar-refractivity contribution is 5.95. The van der Waals surface area contributed by atoms with Gasteiger partial charge in [0.25, 0.3) is 5.91 Å². The zero-order valence-electron chi connectivity index (χ0n) is 17.4. The second-order valence-electron chi connectivity index (χ2n) is 6.76. The van der Waals surface area contributed by atoms with Gasteiger partial charge in [0.15, 0.2) is 17.6 Å². The van der Waals surface area contributed by atoms with Gasteiger partial charge in [0.05, 0.1) is 14.2 Å². The van der Waals surface area contributed by atoms with Crippen LogP contribution < -0.4 is 14.8 Å². The van der Waals surface area contributed by atoms with Gasteiger partial charge in [-0.25, -0.2) is 4.79 Å². The molecule has 154 valence electrons. The number of rotatable bonds is 8. The summed E-state index contributed by atoms with van der Waals surface area (Å²) in [6.45, 7) is 5.83. The molecule has 0 spiro atoms. The Hall–Kier alpha value is -3.28. The van der Waals surface area contributed by atoms with Gasteiger partial charge in [-0.3, -0.25) is 4.79 Å². The molecule has 0 aliphatic rings. The maximum absolute atomic E-state index is 12.6. The molecule has 0 aromatic heterocycles. The Balaban J connectivity index is 2.11. The lowest BCUT2D eigenvalue weighted by atomic mass is 10.0. The average Bonchev–Trinajstić information content (AvgIpc) is 2.72. The SMILES string of the molecule is COC(=O)C=Cc1ccc(OC(C)C(=O)Nc2ccccc2C(C)C)c(OC)c1. The van der Waals surface area contributed by atoms with E-state index in [-0.39, 0.29) is 11.8 Å². The van der Waals surface area contributed by atoms with Crippen LogP contribution in [0.1, 0.15) is 37.8 Å². The Morgan fingerprint density at radius 2 is 1.72 bits per heavy atom. The van der Waals surface area contributed by atoms with Gasteiger partial charge in [-0.15, -0.1) is 0 Å². The quantitative estimate of drug-likeness (QED) is 0.528. The van der Waals surface area contributed by atoms with Crippen molar-refractivity contribution < 1.29 is 23.8 Å². The highest BCUT2D eigenvalue weighted by atomic mass is 16.5. The van der Waals surface area contributed by atoms with E-state index in [9.17, 15) is 9.59 Å². The van der Waals surface area contributed by atoms with Gasteiger partial charge < -0.3 is 19.5 Å². The third-order valence-electron chi connectivity index (χ3n) is 4.31. The van der Waals surface area contributed by atoms with Gasteiger partial charge in [0.2, 0.25) is 0 Å². The molecule has 0 radical (unpaired) electrons. The molecule has 0 saturated heterocycles. The van der Waals surface area contributed by atoms with Crippen molar-refractivity contribution in [2.24, 2.45) is 0 Å². The van der Waals surface area contributed by atoms with E-state index in [0.29, 0.717) is 11.5 Å². The van der Waals surface area contributed by atoms with Crippen molar-refractivity contribution >= 4 is 23.6 Å². The van der Waals surface area contributed by atoms with Crippen LogP contribution in [0.3, 0.4) is 0 Å². The van der Waals surface area contributed by atoms with Crippen LogP contribution in [-0.2, 0) is 14.3 Å². The van der Waals surface area contributed by atoms with Crippen LogP contribution in [0, 0.1) is 0 Å². The molecular formula is C23H27NO5. The fraction of sp³-hybridized carbons (Fsp3) is 0.304. The van der Waals surface area contributed by atoms with Crippen LogP contribution in [0.15, 0.2) is 48.5 Å².